The van der Waals surface area contributed by atoms with E-state index in [-0.39, 0.29) is 18.3 Å². The standard InChI is InChI=1S/C21H18BrFN2O2/c22-16-5-9-18(10-6-16)24-13-15-3-1-2-4-20(15)27-14-21(26)25-19-11-7-17(23)8-12-19/h1-12,24H,13-14H2,(H,25,26). The second-order valence-electron chi connectivity index (χ2n) is 5.81. The first kappa shape index (κ1) is 18.9. The molecule has 4 nitrogen and oxygen atoms in total. The summed E-state index contributed by atoms with van der Waals surface area (Å²) in [6.07, 6.45) is 0. The van der Waals surface area contributed by atoms with E-state index in [4.69, 9.17) is 4.74 Å². The van der Waals surface area contributed by atoms with Crippen LogP contribution in [0.1, 0.15) is 5.56 Å². The summed E-state index contributed by atoms with van der Waals surface area (Å²) in [5.41, 5.74) is 2.45. The molecule has 1 amide bonds. The highest BCUT2D eigenvalue weighted by Crippen LogP contribution is 2.21. The summed E-state index contributed by atoms with van der Waals surface area (Å²) in [6.45, 7) is 0.435. The molecule has 0 aliphatic carbocycles. The molecule has 0 aromatic heterocycles. The molecule has 3 aromatic rings. The van der Waals surface area contributed by atoms with Crippen LogP contribution in [-0.2, 0) is 11.3 Å². The Morgan fingerprint density at radius 2 is 1.59 bits per heavy atom. The summed E-state index contributed by atoms with van der Waals surface area (Å²) in [4.78, 5) is 12.0. The first-order valence-electron chi connectivity index (χ1n) is 8.36. The maximum Gasteiger partial charge on any atom is 0.262 e. The number of hydrogen-bond acceptors (Lipinski definition) is 3. The lowest BCUT2D eigenvalue weighted by Crippen LogP contribution is -2.20. The van der Waals surface area contributed by atoms with Crippen molar-refractivity contribution < 1.29 is 13.9 Å². The molecule has 3 rings (SSSR count). The molecule has 2 N–H and O–H groups in total. The summed E-state index contributed by atoms with van der Waals surface area (Å²) < 4.78 is 19.6. The number of ether oxygens (including phenoxy) is 1. The van der Waals surface area contributed by atoms with Gasteiger partial charge in [0.2, 0.25) is 0 Å². The molecule has 6 heteroatoms. The van der Waals surface area contributed by atoms with Gasteiger partial charge in [-0.05, 0) is 54.6 Å². The van der Waals surface area contributed by atoms with Gasteiger partial charge in [-0.2, -0.15) is 0 Å². The Bertz CT molecular complexity index is 899. The highest BCUT2D eigenvalue weighted by molar-refractivity contribution is 9.10. The fourth-order valence-electron chi connectivity index (χ4n) is 2.43. The molecule has 0 saturated carbocycles. The highest BCUT2D eigenvalue weighted by atomic mass is 79.9. The Kier molecular flexibility index (Phi) is 6.44. The molecule has 0 aliphatic heterocycles. The molecule has 0 saturated heterocycles. The Labute approximate surface area is 165 Å². The number of rotatable bonds is 7. The number of hydrogen-bond donors (Lipinski definition) is 2. The van der Waals surface area contributed by atoms with Gasteiger partial charge in [-0.1, -0.05) is 34.1 Å². The minimum Gasteiger partial charge on any atom is -0.483 e. The van der Waals surface area contributed by atoms with Crippen molar-refractivity contribution in [2.45, 2.75) is 6.54 Å². The van der Waals surface area contributed by atoms with Crippen LogP contribution in [0.2, 0.25) is 0 Å². The average molecular weight is 429 g/mol. The van der Waals surface area contributed by atoms with Crippen LogP contribution in [0.4, 0.5) is 15.8 Å². The van der Waals surface area contributed by atoms with Crippen LogP contribution >= 0.6 is 15.9 Å². The number of amides is 1. The molecule has 0 heterocycles. The van der Waals surface area contributed by atoms with E-state index in [1.807, 2.05) is 48.5 Å². The quantitative estimate of drug-likeness (QED) is 0.542. The topological polar surface area (TPSA) is 50.4 Å². The maximum atomic E-state index is 12.9. The summed E-state index contributed by atoms with van der Waals surface area (Å²) in [7, 11) is 0. The molecule has 0 spiro atoms. The first-order chi connectivity index (χ1) is 13.1. The Morgan fingerprint density at radius 1 is 0.926 bits per heavy atom. The molecular formula is C21H18BrFN2O2. The normalized spacial score (nSPS) is 10.3. The van der Waals surface area contributed by atoms with Crippen LogP contribution in [-0.4, -0.2) is 12.5 Å². The van der Waals surface area contributed by atoms with E-state index >= 15 is 0 Å². The molecule has 0 fully saturated rings. The number of carbonyl (C=O) groups is 1. The molecule has 0 unspecified atom stereocenters. The van der Waals surface area contributed by atoms with E-state index in [1.165, 1.54) is 24.3 Å². The van der Waals surface area contributed by atoms with Gasteiger partial charge in [0.15, 0.2) is 6.61 Å². The Hall–Kier alpha value is -2.86. The highest BCUT2D eigenvalue weighted by Gasteiger charge is 2.07. The number of benzene rings is 3. The van der Waals surface area contributed by atoms with Gasteiger partial charge in [-0.3, -0.25) is 4.79 Å². The number of nitrogens with one attached hydrogen (secondary N) is 2. The fraction of sp³-hybridized carbons (Fsp3) is 0.0952. The van der Waals surface area contributed by atoms with E-state index in [0.29, 0.717) is 18.0 Å². The number of para-hydroxylation sites is 1. The van der Waals surface area contributed by atoms with Crippen molar-refractivity contribution in [3.8, 4) is 5.75 Å². The van der Waals surface area contributed by atoms with E-state index in [1.54, 1.807) is 0 Å². The van der Waals surface area contributed by atoms with Gasteiger partial charge in [0.1, 0.15) is 11.6 Å². The minimum atomic E-state index is -0.351. The van der Waals surface area contributed by atoms with Gasteiger partial charge in [0, 0.05) is 28.0 Å². The number of anilines is 2. The van der Waals surface area contributed by atoms with Crippen molar-refractivity contribution in [3.05, 3.63) is 88.6 Å². The third kappa shape index (κ3) is 5.82. The lowest BCUT2D eigenvalue weighted by atomic mass is 10.2. The predicted octanol–water partition coefficient (Wildman–Crippen LogP) is 5.22. The molecule has 3 aromatic carbocycles. The fourth-order valence-corrected chi connectivity index (χ4v) is 2.69. The lowest BCUT2D eigenvalue weighted by molar-refractivity contribution is -0.118. The monoisotopic (exact) mass is 428 g/mol. The molecule has 138 valence electrons. The second kappa shape index (κ2) is 9.19. The summed E-state index contributed by atoms with van der Waals surface area (Å²) >= 11 is 3.41. The van der Waals surface area contributed by atoms with Crippen molar-refractivity contribution in [2.24, 2.45) is 0 Å². The molecule has 0 aliphatic rings. The zero-order valence-corrected chi connectivity index (χ0v) is 16.0. The van der Waals surface area contributed by atoms with Gasteiger partial charge >= 0.3 is 0 Å². The van der Waals surface area contributed by atoms with Crippen LogP contribution in [0.25, 0.3) is 0 Å². The van der Waals surface area contributed by atoms with Gasteiger partial charge in [0.25, 0.3) is 5.91 Å². The Balaban J connectivity index is 1.56. The van der Waals surface area contributed by atoms with Crippen LogP contribution in [0.3, 0.4) is 0 Å². The summed E-state index contributed by atoms with van der Waals surface area (Å²) in [5.74, 6) is -0.0231. The minimum absolute atomic E-state index is 0.132. The van der Waals surface area contributed by atoms with E-state index in [0.717, 1.165) is 15.7 Å². The molecular weight excluding hydrogens is 411 g/mol. The predicted molar refractivity (Wildman–Crippen MR) is 108 cm³/mol. The third-order valence-electron chi connectivity index (χ3n) is 3.79. The van der Waals surface area contributed by atoms with Gasteiger partial charge in [-0.25, -0.2) is 4.39 Å². The zero-order valence-electron chi connectivity index (χ0n) is 14.4. The van der Waals surface area contributed by atoms with E-state index in [9.17, 15) is 9.18 Å². The maximum absolute atomic E-state index is 12.9. The van der Waals surface area contributed by atoms with Crippen molar-refractivity contribution in [3.63, 3.8) is 0 Å². The number of carbonyl (C=O) groups excluding carboxylic acids is 1. The van der Waals surface area contributed by atoms with Crippen molar-refractivity contribution in [1.82, 2.24) is 0 Å². The van der Waals surface area contributed by atoms with E-state index < -0.39 is 0 Å². The molecule has 0 bridgehead atoms. The van der Waals surface area contributed by atoms with Crippen LogP contribution in [0, 0.1) is 5.82 Å². The molecule has 0 atom stereocenters. The first-order valence-corrected chi connectivity index (χ1v) is 9.15. The van der Waals surface area contributed by atoms with Crippen molar-refractivity contribution >= 4 is 33.2 Å². The van der Waals surface area contributed by atoms with Gasteiger partial charge in [-0.15, -0.1) is 0 Å². The van der Waals surface area contributed by atoms with Crippen LogP contribution in [0.15, 0.2) is 77.3 Å². The number of halogens is 2. The lowest BCUT2D eigenvalue weighted by Gasteiger charge is -2.13. The van der Waals surface area contributed by atoms with Crippen molar-refractivity contribution in [1.29, 1.82) is 0 Å². The van der Waals surface area contributed by atoms with Crippen LogP contribution < -0.4 is 15.4 Å². The summed E-state index contributed by atoms with van der Waals surface area (Å²) in [6, 6.07) is 21.0. The summed E-state index contributed by atoms with van der Waals surface area (Å²) in [5, 5.41) is 6.00. The SMILES string of the molecule is O=C(COc1ccccc1CNc1ccc(Br)cc1)Nc1ccc(F)cc1. The smallest absolute Gasteiger partial charge is 0.262 e. The third-order valence-corrected chi connectivity index (χ3v) is 4.32. The van der Waals surface area contributed by atoms with Gasteiger partial charge < -0.3 is 15.4 Å². The van der Waals surface area contributed by atoms with Crippen molar-refractivity contribution in [2.75, 3.05) is 17.2 Å². The molecule has 0 radical (unpaired) electrons. The zero-order chi connectivity index (χ0) is 19.1. The van der Waals surface area contributed by atoms with Crippen LogP contribution in [0.5, 0.6) is 5.75 Å². The largest absolute Gasteiger partial charge is 0.483 e. The van der Waals surface area contributed by atoms with Gasteiger partial charge in [0.05, 0.1) is 0 Å². The Morgan fingerprint density at radius 3 is 2.33 bits per heavy atom. The van der Waals surface area contributed by atoms with E-state index in [2.05, 4.69) is 26.6 Å². The molecule has 27 heavy (non-hydrogen) atoms. The second-order valence-corrected chi connectivity index (χ2v) is 6.73. The average Bonchev–Trinajstić information content (AvgIpc) is 2.68.